The van der Waals surface area contributed by atoms with Gasteiger partial charge >= 0.3 is 0 Å². The van der Waals surface area contributed by atoms with E-state index in [4.69, 9.17) is 0 Å². The predicted molar refractivity (Wildman–Crippen MR) is 109 cm³/mol. The molecule has 4 heteroatoms. The molecule has 1 N–H and O–H groups in total. The highest BCUT2D eigenvalue weighted by Gasteiger charge is 2.61. The summed E-state index contributed by atoms with van der Waals surface area (Å²) in [4.78, 5) is 26.6. The van der Waals surface area contributed by atoms with Crippen LogP contribution in [0.25, 0.3) is 0 Å². The molecule has 0 spiro atoms. The van der Waals surface area contributed by atoms with Crippen molar-refractivity contribution >= 4 is 11.8 Å². The second-order valence-electron chi connectivity index (χ2n) is 9.37. The summed E-state index contributed by atoms with van der Waals surface area (Å²) in [5.74, 6) is 0.690. The zero-order valence-corrected chi connectivity index (χ0v) is 17.5. The van der Waals surface area contributed by atoms with Gasteiger partial charge in [-0.2, -0.15) is 0 Å². The summed E-state index contributed by atoms with van der Waals surface area (Å²) in [6.07, 6.45) is 2.41. The van der Waals surface area contributed by atoms with E-state index in [1.54, 1.807) is 0 Å². The van der Waals surface area contributed by atoms with Crippen LogP contribution in [0.15, 0.2) is 24.3 Å². The largest absolute Gasteiger partial charge is 0.355 e. The highest BCUT2D eigenvalue weighted by atomic mass is 16.2. The fraction of sp³-hybridized carbons (Fsp3) is 0.652. The number of fused-ring (bicyclic) bond motifs is 1. The summed E-state index contributed by atoms with van der Waals surface area (Å²) >= 11 is 0. The van der Waals surface area contributed by atoms with Crippen LogP contribution in [0.2, 0.25) is 0 Å². The topological polar surface area (TPSA) is 49.4 Å². The van der Waals surface area contributed by atoms with Gasteiger partial charge in [0.2, 0.25) is 11.8 Å². The Morgan fingerprint density at radius 3 is 2.44 bits per heavy atom. The van der Waals surface area contributed by atoms with Crippen molar-refractivity contribution < 1.29 is 9.59 Å². The van der Waals surface area contributed by atoms with Crippen molar-refractivity contribution in [1.82, 2.24) is 10.2 Å². The summed E-state index contributed by atoms with van der Waals surface area (Å²) in [6.45, 7) is 12.7. The molecule has 0 radical (unpaired) electrons. The Bertz CT molecular complexity index is 704. The van der Waals surface area contributed by atoms with E-state index in [1.807, 2.05) is 18.7 Å². The predicted octanol–water partition coefficient (Wildman–Crippen LogP) is 3.64. The first-order valence-corrected chi connectivity index (χ1v) is 10.4. The molecular formula is C23H34N2O2. The number of amides is 2. The van der Waals surface area contributed by atoms with Crippen LogP contribution in [0.1, 0.15) is 65.0 Å². The molecule has 0 bridgehead atoms. The molecule has 2 fully saturated rings. The van der Waals surface area contributed by atoms with Gasteiger partial charge in [-0.3, -0.25) is 9.59 Å². The Labute approximate surface area is 163 Å². The second-order valence-corrected chi connectivity index (χ2v) is 9.37. The van der Waals surface area contributed by atoms with Gasteiger partial charge in [0.15, 0.2) is 0 Å². The van der Waals surface area contributed by atoms with Crippen molar-refractivity contribution in [2.45, 2.75) is 64.7 Å². The third-order valence-corrected chi connectivity index (χ3v) is 6.49. The second kappa shape index (κ2) is 7.29. The van der Waals surface area contributed by atoms with Crippen LogP contribution in [0.3, 0.4) is 0 Å². The van der Waals surface area contributed by atoms with E-state index in [9.17, 15) is 9.59 Å². The lowest BCUT2D eigenvalue weighted by atomic mass is 9.85. The smallest absolute Gasteiger partial charge is 0.227 e. The van der Waals surface area contributed by atoms with Crippen LogP contribution in [0, 0.1) is 11.8 Å². The molecule has 4 nitrogen and oxygen atoms in total. The maximum absolute atomic E-state index is 13.0. The fourth-order valence-corrected chi connectivity index (χ4v) is 4.43. The average Bonchev–Trinajstić information content (AvgIpc) is 3.22. The first-order chi connectivity index (χ1) is 12.7. The van der Waals surface area contributed by atoms with Crippen LogP contribution in [-0.4, -0.2) is 36.3 Å². The maximum atomic E-state index is 13.0. The Morgan fingerprint density at radius 2 is 1.89 bits per heavy atom. The molecule has 1 heterocycles. The van der Waals surface area contributed by atoms with Crippen molar-refractivity contribution in [2.75, 3.05) is 19.6 Å². The lowest BCUT2D eigenvalue weighted by Gasteiger charge is -2.26. The van der Waals surface area contributed by atoms with Crippen LogP contribution in [0.4, 0.5) is 0 Å². The molecule has 0 aromatic heterocycles. The Kier molecular flexibility index (Phi) is 5.38. The van der Waals surface area contributed by atoms with E-state index in [2.05, 4.69) is 50.4 Å². The minimum absolute atomic E-state index is 0.0147. The normalized spacial score (nSPS) is 25.1. The van der Waals surface area contributed by atoms with E-state index in [0.29, 0.717) is 18.9 Å². The third-order valence-electron chi connectivity index (χ3n) is 6.49. The summed E-state index contributed by atoms with van der Waals surface area (Å²) < 4.78 is 0. The molecular weight excluding hydrogens is 336 g/mol. The van der Waals surface area contributed by atoms with Gasteiger partial charge in [0.25, 0.3) is 0 Å². The van der Waals surface area contributed by atoms with E-state index in [0.717, 1.165) is 19.5 Å². The van der Waals surface area contributed by atoms with Crippen LogP contribution < -0.4 is 5.32 Å². The number of piperidine rings is 1. The summed E-state index contributed by atoms with van der Waals surface area (Å²) in [5.41, 5.74) is 3.05. The van der Waals surface area contributed by atoms with Gasteiger partial charge in [-0.05, 0) is 35.3 Å². The molecule has 3 rings (SSSR count). The monoisotopic (exact) mass is 370 g/mol. The van der Waals surface area contributed by atoms with Gasteiger partial charge in [0.05, 0.1) is 5.92 Å². The zero-order valence-electron chi connectivity index (χ0n) is 17.5. The van der Waals surface area contributed by atoms with Gasteiger partial charge < -0.3 is 10.2 Å². The Morgan fingerprint density at radius 1 is 1.22 bits per heavy atom. The van der Waals surface area contributed by atoms with Gasteiger partial charge in [-0.25, -0.2) is 0 Å². The Balaban J connectivity index is 1.66. The quantitative estimate of drug-likeness (QED) is 0.831. The lowest BCUT2D eigenvalue weighted by Crippen LogP contribution is -2.42. The molecule has 1 saturated carbocycles. The molecule has 2 aliphatic rings. The standard InChI is InChI=1S/C23H34N2O2/c1-6-16(13-24-20(26)7-2)21(27)25-14-19-12-23(19,15-25)18-10-8-17(9-11-18)22(3,4)5/h8-11,16,19H,6-7,12-15H2,1-5H3,(H,24,26)/t16-,19+,23-/m1/s1. The molecule has 27 heavy (non-hydrogen) atoms. The number of benzene rings is 1. The van der Waals surface area contributed by atoms with Gasteiger partial charge in [-0.1, -0.05) is 58.9 Å². The van der Waals surface area contributed by atoms with E-state index in [-0.39, 0.29) is 28.6 Å². The molecule has 1 aliphatic heterocycles. The molecule has 2 amide bonds. The summed E-state index contributed by atoms with van der Waals surface area (Å²) in [6, 6.07) is 9.04. The number of likely N-dealkylation sites (tertiary alicyclic amines) is 1. The van der Waals surface area contributed by atoms with Crippen LogP contribution in [0.5, 0.6) is 0 Å². The van der Waals surface area contributed by atoms with Crippen molar-refractivity contribution in [1.29, 1.82) is 0 Å². The van der Waals surface area contributed by atoms with Crippen LogP contribution in [-0.2, 0) is 20.4 Å². The first kappa shape index (κ1) is 19.9. The average molecular weight is 371 g/mol. The van der Waals surface area contributed by atoms with E-state index in [1.165, 1.54) is 17.5 Å². The molecule has 0 unspecified atom stereocenters. The van der Waals surface area contributed by atoms with Crippen molar-refractivity contribution in [3.63, 3.8) is 0 Å². The van der Waals surface area contributed by atoms with E-state index < -0.39 is 0 Å². The molecule has 148 valence electrons. The first-order valence-electron chi connectivity index (χ1n) is 10.4. The van der Waals surface area contributed by atoms with Crippen molar-refractivity contribution in [2.24, 2.45) is 11.8 Å². The maximum Gasteiger partial charge on any atom is 0.227 e. The van der Waals surface area contributed by atoms with E-state index >= 15 is 0 Å². The highest BCUT2D eigenvalue weighted by Crippen LogP contribution is 2.59. The summed E-state index contributed by atoms with van der Waals surface area (Å²) in [5, 5.41) is 2.89. The van der Waals surface area contributed by atoms with Crippen molar-refractivity contribution in [3.05, 3.63) is 35.4 Å². The number of nitrogens with one attached hydrogen (secondary N) is 1. The van der Waals surface area contributed by atoms with Crippen LogP contribution >= 0.6 is 0 Å². The lowest BCUT2D eigenvalue weighted by molar-refractivity contribution is -0.135. The molecule has 3 atom stereocenters. The number of hydrogen-bond donors (Lipinski definition) is 1. The molecule has 1 aromatic rings. The summed E-state index contributed by atoms with van der Waals surface area (Å²) in [7, 11) is 0. The molecule has 1 aromatic carbocycles. The molecule has 1 saturated heterocycles. The SMILES string of the molecule is CCC(=O)NC[C@@H](CC)C(=O)N1C[C@@H]2C[C@]2(c2ccc(C(C)(C)C)cc2)C1. The highest BCUT2D eigenvalue weighted by molar-refractivity contribution is 5.81. The van der Waals surface area contributed by atoms with Crippen molar-refractivity contribution in [3.8, 4) is 0 Å². The van der Waals surface area contributed by atoms with Gasteiger partial charge in [0.1, 0.15) is 0 Å². The minimum atomic E-state index is -0.113. The zero-order chi connectivity index (χ0) is 19.8. The number of nitrogens with zero attached hydrogens (tertiary/aromatic N) is 1. The number of rotatable bonds is 6. The molecule has 1 aliphatic carbocycles. The third kappa shape index (κ3) is 3.90. The number of carbonyl (C=O) groups excluding carboxylic acids is 2. The van der Waals surface area contributed by atoms with Gasteiger partial charge in [-0.15, -0.1) is 0 Å². The number of hydrogen-bond acceptors (Lipinski definition) is 2. The van der Waals surface area contributed by atoms with Gasteiger partial charge in [0, 0.05) is 31.5 Å². The fourth-order valence-electron chi connectivity index (χ4n) is 4.43. The number of carbonyl (C=O) groups is 2. The Hall–Kier alpha value is -1.84. The minimum Gasteiger partial charge on any atom is -0.355 e.